The van der Waals surface area contributed by atoms with Gasteiger partial charge in [0.2, 0.25) is 15.9 Å². The number of sulfonamides is 1. The van der Waals surface area contributed by atoms with Crippen LogP contribution in [0, 0.1) is 12.8 Å². The lowest BCUT2D eigenvalue weighted by Crippen LogP contribution is -2.46. The van der Waals surface area contributed by atoms with Gasteiger partial charge in [0.15, 0.2) is 0 Å². The molecule has 0 bridgehead atoms. The van der Waals surface area contributed by atoms with Crippen LogP contribution >= 0.6 is 0 Å². The van der Waals surface area contributed by atoms with E-state index in [9.17, 15) is 13.2 Å². The van der Waals surface area contributed by atoms with Crippen molar-refractivity contribution in [3.8, 4) is 0 Å². The van der Waals surface area contributed by atoms with Crippen LogP contribution in [-0.4, -0.2) is 57.6 Å². The van der Waals surface area contributed by atoms with E-state index in [0.29, 0.717) is 26.2 Å². The van der Waals surface area contributed by atoms with Gasteiger partial charge in [-0.05, 0) is 38.8 Å². The van der Waals surface area contributed by atoms with E-state index in [1.807, 2.05) is 7.05 Å². The van der Waals surface area contributed by atoms with Crippen LogP contribution in [0.1, 0.15) is 25.3 Å². The molecule has 7 heteroatoms. The molecule has 1 aromatic carbocycles. The van der Waals surface area contributed by atoms with E-state index in [1.54, 1.807) is 6.92 Å². The Kier molecular flexibility index (Phi) is 6.84. The van der Waals surface area contributed by atoms with E-state index >= 15 is 0 Å². The number of hydrogen-bond acceptors (Lipinski definition) is 4. The van der Waals surface area contributed by atoms with Crippen molar-refractivity contribution in [3.63, 3.8) is 0 Å². The first kappa shape index (κ1) is 19.7. The SMILES string of the molecule is CCS(=O)(=O)N1CCCC(C(=O)NCCN(C)c2ccc(C)cc2)C1. The smallest absolute Gasteiger partial charge is 0.224 e. The molecule has 1 saturated heterocycles. The summed E-state index contributed by atoms with van der Waals surface area (Å²) in [5.41, 5.74) is 2.33. The fourth-order valence-electron chi connectivity index (χ4n) is 3.01. The van der Waals surface area contributed by atoms with Gasteiger partial charge in [-0.3, -0.25) is 4.79 Å². The molecule has 6 nitrogen and oxygen atoms in total. The number of amides is 1. The molecule has 25 heavy (non-hydrogen) atoms. The van der Waals surface area contributed by atoms with E-state index < -0.39 is 10.0 Å². The molecular weight excluding hydrogens is 338 g/mol. The number of carbonyl (C=O) groups excluding carboxylic acids is 1. The molecule has 0 aliphatic carbocycles. The Labute approximate surface area is 151 Å². The number of aryl methyl sites for hydroxylation is 1. The third-order valence-corrected chi connectivity index (χ3v) is 6.58. The van der Waals surface area contributed by atoms with E-state index in [1.165, 1.54) is 9.87 Å². The molecule has 1 unspecified atom stereocenters. The fraction of sp³-hybridized carbons (Fsp3) is 0.611. The van der Waals surface area contributed by atoms with Gasteiger partial charge in [-0.2, -0.15) is 0 Å². The van der Waals surface area contributed by atoms with Gasteiger partial charge in [0.05, 0.1) is 11.7 Å². The van der Waals surface area contributed by atoms with E-state index in [0.717, 1.165) is 18.5 Å². The molecule has 0 aromatic heterocycles. The summed E-state index contributed by atoms with van der Waals surface area (Å²) in [5, 5.41) is 2.95. The first-order chi connectivity index (χ1) is 11.8. The molecule has 1 heterocycles. The maximum atomic E-state index is 12.4. The molecule has 1 aliphatic heterocycles. The molecule has 1 amide bonds. The van der Waals surface area contributed by atoms with Crippen LogP contribution in [0.4, 0.5) is 5.69 Å². The minimum absolute atomic E-state index is 0.0479. The number of nitrogens with one attached hydrogen (secondary N) is 1. The van der Waals surface area contributed by atoms with Crippen molar-refractivity contribution in [2.45, 2.75) is 26.7 Å². The topological polar surface area (TPSA) is 69.7 Å². The maximum absolute atomic E-state index is 12.4. The monoisotopic (exact) mass is 367 g/mol. The van der Waals surface area contributed by atoms with E-state index in [4.69, 9.17) is 0 Å². The Morgan fingerprint density at radius 3 is 2.64 bits per heavy atom. The standard InChI is InChI=1S/C18H29N3O3S/c1-4-25(23,24)21-12-5-6-16(14-21)18(22)19-11-13-20(3)17-9-7-15(2)8-10-17/h7-10,16H,4-6,11-14H2,1-3H3,(H,19,22). The third-order valence-electron chi connectivity index (χ3n) is 4.73. The first-order valence-electron chi connectivity index (χ1n) is 8.87. The van der Waals surface area contributed by atoms with Gasteiger partial charge in [-0.1, -0.05) is 17.7 Å². The highest BCUT2D eigenvalue weighted by Gasteiger charge is 2.31. The van der Waals surface area contributed by atoms with Crippen LogP contribution in [-0.2, 0) is 14.8 Å². The summed E-state index contributed by atoms with van der Waals surface area (Å²) in [6, 6.07) is 8.25. The summed E-state index contributed by atoms with van der Waals surface area (Å²) in [5.74, 6) is -0.212. The lowest BCUT2D eigenvalue weighted by molar-refractivity contribution is -0.126. The molecule has 1 aromatic rings. The molecule has 0 saturated carbocycles. The number of piperidine rings is 1. The number of likely N-dealkylation sites (N-methyl/N-ethyl adjacent to an activating group) is 1. The number of hydrogen-bond donors (Lipinski definition) is 1. The largest absolute Gasteiger partial charge is 0.373 e. The first-order valence-corrected chi connectivity index (χ1v) is 10.5. The number of carbonyl (C=O) groups is 1. The number of rotatable bonds is 7. The van der Waals surface area contributed by atoms with Crippen LogP contribution in [0.3, 0.4) is 0 Å². The van der Waals surface area contributed by atoms with Gasteiger partial charge >= 0.3 is 0 Å². The van der Waals surface area contributed by atoms with Gasteiger partial charge in [-0.15, -0.1) is 0 Å². The highest BCUT2D eigenvalue weighted by molar-refractivity contribution is 7.89. The van der Waals surface area contributed by atoms with Gasteiger partial charge in [0.1, 0.15) is 0 Å². The molecule has 1 fully saturated rings. The maximum Gasteiger partial charge on any atom is 0.224 e. The van der Waals surface area contributed by atoms with Gasteiger partial charge in [-0.25, -0.2) is 12.7 Å². The number of benzene rings is 1. The van der Waals surface area contributed by atoms with Crippen molar-refractivity contribution in [2.75, 3.05) is 43.9 Å². The summed E-state index contributed by atoms with van der Waals surface area (Å²) < 4.78 is 25.4. The number of nitrogens with zero attached hydrogens (tertiary/aromatic N) is 2. The molecule has 0 spiro atoms. The molecular formula is C18H29N3O3S. The van der Waals surface area contributed by atoms with Crippen molar-refractivity contribution >= 4 is 21.6 Å². The highest BCUT2D eigenvalue weighted by atomic mass is 32.2. The Morgan fingerprint density at radius 1 is 1.32 bits per heavy atom. The average molecular weight is 368 g/mol. The second-order valence-corrected chi connectivity index (χ2v) is 8.90. The molecule has 2 rings (SSSR count). The van der Waals surface area contributed by atoms with Crippen molar-refractivity contribution in [2.24, 2.45) is 5.92 Å². The van der Waals surface area contributed by atoms with Crippen molar-refractivity contribution < 1.29 is 13.2 Å². The van der Waals surface area contributed by atoms with Crippen molar-refractivity contribution in [3.05, 3.63) is 29.8 Å². The fourth-order valence-corrected chi connectivity index (χ4v) is 4.19. The minimum atomic E-state index is -3.22. The summed E-state index contributed by atoms with van der Waals surface area (Å²) >= 11 is 0. The van der Waals surface area contributed by atoms with Crippen molar-refractivity contribution in [1.82, 2.24) is 9.62 Å². The quantitative estimate of drug-likeness (QED) is 0.795. The molecule has 1 atom stereocenters. The predicted octanol–water partition coefficient (Wildman–Crippen LogP) is 1.61. The summed E-state index contributed by atoms with van der Waals surface area (Å²) in [7, 11) is -1.22. The average Bonchev–Trinajstić information content (AvgIpc) is 2.62. The van der Waals surface area contributed by atoms with Gasteiger partial charge in [0.25, 0.3) is 0 Å². The second kappa shape index (κ2) is 8.67. The molecule has 0 radical (unpaired) electrons. The highest BCUT2D eigenvalue weighted by Crippen LogP contribution is 2.19. The van der Waals surface area contributed by atoms with Crippen molar-refractivity contribution in [1.29, 1.82) is 0 Å². The summed E-state index contributed by atoms with van der Waals surface area (Å²) in [4.78, 5) is 14.5. The summed E-state index contributed by atoms with van der Waals surface area (Å²) in [6.07, 6.45) is 1.48. The van der Waals surface area contributed by atoms with Gasteiger partial charge in [0, 0.05) is 38.9 Å². The van der Waals surface area contributed by atoms with Crippen LogP contribution in [0.2, 0.25) is 0 Å². The molecule has 140 valence electrons. The zero-order valence-electron chi connectivity index (χ0n) is 15.4. The number of anilines is 1. The van der Waals surface area contributed by atoms with E-state index in [2.05, 4.69) is 41.4 Å². The van der Waals surface area contributed by atoms with E-state index in [-0.39, 0.29) is 17.6 Å². The van der Waals surface area contributed by atoms with Gasteiger partial charge < -0.3 is 10.2 Å². The lowest BCUT2D eigenvalue weighted by atomic mass is 9.99. The minimum Gasteiger partial charge on any atom is -0.373 e. The molecule has 1 N–H and O–H groups in total. The second-order valence-electron chi connectivity index (χ2n) is 6.65. The lowest BCUT2D eigenvalue weighted by Gasteiger charge is -2.31. The van der Waals surface area contributed by atoms with Crippen LogP contribution in [0.15, 0.2) is 24.3 Å². The van der Waals surface area contributed by atoms with Crippen LogP contribution in [0.25, 0.3) is 0 Å². The van der Waals surface area contributed by atoms with Crippen LogP contribution < -0.4 is 10.2 Å². The third kappa shape index (κ3) is 5.44. The zero-order valence-corrected chi connectivity index (χ0v) is 16.2. The molecule has 1 aliphatic rings. The Morgan fingerprint density at radius 2 is 2.00 bits per heavy atom. The Hall–Kier alpha value is -1.60. The normalized spacial score (nSPS) is 18.8. The Balaban J connectivity index is 1.80. The predicted molar refractivity (Wildman–Crippen MR) is 101 cm³/mol. The zero-order chi connectivity index (χ0) is 18.4. The summed E-state index contributed by atoms with van der Waals surface area (Å²) in [6.45, 7) is 5.76. The Bertz CT molecular complexity index is 673. The van der Waals surface area contributed by atoms with Crippen LogP contribution in [0.5, 0.6) is 0 Å².